The first-order chi connectivity index (χ1) is 9.06. The van der Waals surface area contributed by atoms with Crippen molar-refractivity contribution >= 4 is 17.5 Å². The summed E-state index contributed by atoms with van der Waals surface area (Å²) in [5, 5.41) is 12.8. The summed E-state index contributed by atoms with van der Waals surface area (Å²) in [7, 11) is 0. The van der Waals surface area contributed by atoms with Crippen molar-refractivity contribution < 1.29 is 9.90 Å². The number of amides is 1. The van der Waals surface area contributed by atoms with Gasteiger partial charge in [0.25, 0.3) is 5.91 Å². The molecule has 1 aromatic heterocycles. The van der Waals surface area contributed by atoms with Gasteiger partial charge in [-0.1, -0.05) is 11.6 Å². The second kappa shape index (κ2) is 5.75. The number of imidazole rings is 1. The van der Waals surface area contributed by atoms with Crippen molar-refractivity contribution in [1.29, 1.82) is 0 Å². The molecule has 1 aromatic carbocycles. The van der Waals surface area contributed by atoms with Crippen LogP contribution in [0.2, 0.25) is 5.02 Å². The highest BCUT2D eigenvalue weighted by atomic mass is 35.5. The number of rotatable bonds is 4. The summed E-state index contributed by atoms with van der Waals surface area (Å²) in [5.74, 6) is -0.440. The van der Waals surface area contributed by atoms with Crippen molar-refractivity contribution in [2.75, 3.05) is 0 Å². The van der Waals surface area contributed by atoms with E-state index in [2.05, 4.69) is 10.3 Å². The number of carbonyl (C=O) groups is 1. The van der Waals surface area contributed by atoms with E-state index in [0.717, 1.165) is 0 Å². The van der Waals surface area contributed by atoms with Crippen LogP contribution in [0.5, 0.6) is 5.75 Å². The SMILES string of the molecule is CC(Cn1ccnc1)NC(=O)c1cc(Cl)ccc1O. The fourth-order valence-electron chi connectivity index (χ4n) is 1.75. The summed E-state index contributed by atoms with van der Waals surface area (Å²) in [6.07, 6.45) is 5.18. The van der Waals surface area contributed by atoms with Crippen LogP contribution >= 0.6 is 11.6 Å². The van der Waals surface area contributed by atoms with Gasteiger partial charge in [0, 0.05) is 30.0 Å². The Morgan fingerprint density at radius 2 is 2.37 bits per heavy atom. The molecule has 0 bridgehead atoms. The lowest BCUT2D eigenvalue weighted by molar-refractivity contribution is 0.0934. The third-order valence-electron chi connectivity index (χ3n) is 2.62. The van der Waals surface area contributed by atoms with Gasteiger partial charge in [-0.2, -0.15) is 0 Å². The summed E-state index contributed by atoms with van der Waals surface area (Å²) >= 11 is 5.81. The second-order valence-electron chi connectivity index (χ2n) is 4.30. The average Bonchev–Trinajstić information content (AvgIpc) is 2.84. The number of hydrogen-bond donors (Lipinski definition) is 2. The van der Waals surface area contributed by atoms with Crippen molar-refractivity contribution in [3.8, 4) is 5.75 Å². The molecule has 0 saturated heterocycles. The monoisotopic (exact) mass is 279 g/mol. The summed E-state index contributed by atoms with van der Waals surface area (Å²) < 4.78 is 1.86. The standard InChI is InChI=1S/C13H14ClN3O2/c1-9(7-17-5-4-15-8-17)16-13(19)11-6-10(14)2-3-12(11)18/h2-6,8-9,18H,7H2,1H3,(H,16,19). The molecule has 0 fully saturated rings. The summed E-state index contributed by atoms with van der Waals surface area (Å²) in [5.41, 5.74) is 0.171. The van der Waals surface area contributed by atoms with Gasteiger partial charge in [-0.05, 0) is 25.1 Å². The number of phenolic OH excluding ortho intramolecular Hbond substituents is 1. The Bertz CT molecular complexity index is 569. The Kier molecular flexibility index (Phi) is 4.06. The number of halogens is 1. The number of aromatic nitrogens is 2. The molecule has 0 aliphatic carbocycles. The first kappa shape index (κ1) is 13.4. The van der Waals surface area contributed by atoms with Crippen LogP contribution < -0.4 is 5.32 Å². The fourth-order valence-corrected chi connectivity index (χ4v) is 1.92. The summed E-state index contributed by atoms with van der Waals surface area (Å²) in [4.78, 5) is 15.9. The quantitative estimate of drug-likeness (QED) is 0.900. The molecule has 6 heteroatoms. The van der Waals surface area contributed by atoms with E-state index in [4.69, 9.17) is 11.6 Å². The van der Waals surface area contributed by atoms with Gasteiger partial charge in [0.1, 0.15) is 5.75 Å². The van der Waals surface area contributed by atoms with Crippen LogP contribution in [-0.4, -0.2) is 26.6 Å². The van der Waals surface area contributed by atoms with Gasteiger partial charge in [0.2, 0.25) is 0 Å². The fraction of sp³-hybridized carbons (Fsp3) is 0.231. The lowest BCUT2D eigenvalue weighted by Gasteiger charge is -2.15. The van der Waals surface area contributed by atoms with E-state index in [1.807, 2.05) is 17.7 Å². The van der Waals surface area contributed by atoms with Crippen LogP contribution in [0, 0.1) is 0 Å². The molecule has 0 aliphatic heterocycles. The van der Waals surface area contributed by atoms with Crippen LogP contribution in [0.1, 0.15) is 17.3 Å². The van der Waals surface area contributed by atoms with E-state index in [1.54, 1.807) is 12.5 Å². The van der Waals surface area contributed by atoms with E-state index >= 15 is 0 Å². The number of nitrogens with zero attached hydrogens (tertiary/aromatic N) is 2. The minimum atomic E-state index is -0.354. The van der Waals surface area contributed by atoms with E-state index in [0.29, 0.717) is 11.6 Å². The highest BCUT2D eigenvalue weighted by Crippen LogP contribution is 2.21. The maximum absolute atomic E-state index is 12.0. The van der Waals surface area contributed by atoms with Crippen LogP contribution in [-0.2, 0) is 6.54 Å². The second-order valence-corrected chi connectivity index (χ2v) is 4.73. The van der Waals surface area contributed by atoms with Crippen LogP contribution in [0.25, 0.3) is 0 Å². The third-order valence-corrected chi connectivity index (χ3v) is 2.86. The molecule has 19 heavy (non-hydrogen) atoms. The van der Waals surface area contributed by atoms with Gasteiger partial charge >= 0.3 is 0 Å². The molecule has 0 spiro atoms. The smallest absolute Gasteiger partial charge is 0.255 e. The van der Waals surface area contributed by atoms with E-state index in [9.17, 15) is 9.90 Å². The number of carbonyl (C=O) groups excluding carboxylic acids is 1. The van der Waals surface area contributed by atoms with Gasteiger partial charge in [-0.15, -0.1) is 0 Å². The zero-order valence-corrected chi connectivity index (χ0v) is 11.1. The van der Waals surface area contributed by atoms with Gasteiger partial charge in [0.05, 0.1) is 11.9 Å². The number of phenols is 1. The highest BCUT2D eigenvalue weighted by molar-refractivity contribution is 6.31. The molecule has 2 rings (SSSR count). The molecular weight excluding hydrogens is 266 g/mol. The molecule has 2 N–H and O–H groups in total. The van der Waals surface area contributed by atoms with Crippen molar-refractivity contribution in [3.63, 3.8) is 0 Å². The molecule has 0 aliphatic rings. The van der Waals surface area contributed by atoms with Crippen molar-refractivity contribution in [2.45, 2.75) is 19.5 Å². The lowest BCUT2D eigenvalue weighted by Crippen LogP contribution is -2.35. The van der Waals surface area contributed by atoms with Gasteiger partial charge in [-0.25, -0.2) is 4.98 Å². The maximum Gasteiger partial charge on any atom is 0.255 e. The van der Waals surface area contributed by atoms with Crippen LogP contribution in [0.4, 0.5) is 0 Å². The van der Waals surface area contributed by atoms with Gasteiger partial charge in [0.15, 0.2) is 0 Å². The first-order valence-electron chi connectivity index (χ1n) is 5.81. The Hall–Kier alpha value is -2.01. The molecule has 1 heterocycles. The average molecular weight is 280 g/mol. The predicted molar refractivity (Wildman–Crippen MR) is 72.3 cm³/mol. The Morgan fingerprint density at radius 3 is 3.05 bits per heavy atom. The van der Waals surface area contributed by atoms with Crippen molar-refractivity contribution in [1.82, 2.24) is 14.9 Å². The minimum absolute atomic E-state index is 0.0864. The molecule has 100 valence electrons. The normalized spacial score (nSPS) is 12.1. The lowest BCUT2D eigenvalue weighted by atomic mass is 10.1. The summed E-state index contributed by atoms with van der Waals surface area (Å²) in [6, 6.07) is 4.27. The molecule has 1 amide bonds. The Labute approximate surface area is 115 Å². The van der Waals surface area contributed by atoms with Gasteiger partial charge < -0.3 is 15.0 Å². The zero-order valence-electron chi connectivity index (χ0n) is 10.4. The Balaban J connectivity index is 2.02. The van der Waals surface area contributed by atoms with E-state index in [-0.39, 0.29) is 23.3 Å². The highest BCUT2D eigenvalue weighted by Gasteiger charge is 2.14. The molecular formula is C13H14ClN3O2. The van der Waals surface area contributed by atoms with E-state index < -0.39 is 0 Å². The molecule has 0 radical (unpaired) electrons. The molecule has 1 unspecified atom stereocenters. The predicted octanol–water partition coefficient (Wildman–Crippen LogP) is 2.06. The molecule has 1 atom stereocenters. The largest absolute Gasteiger partial charge is 0.507 e. The number of aromatic hydroxyl groups is 1. The minimum Gasteiger partial charge on any atom is -0.507 e. The van der Waals surface area contributed by atoms with Crippen LogP contribution in [0.15, 0.2) is 36.9 Å². The van der Waals surface area contributed by atoms with Crippen molar-refractivity contribution in [2.24, 2.45) is 0 Å². The van der Waals surface area contributed by atoms with E-state index in [1.165, 1.54) is 18.2 Å². The van der Waals surface area contributed by atoms with Gasteiger partial charge in [-0.3, -0.25) is 4.79 Å². The number of hydrogen-bond acceptors (Lipinski definition) is 3. The summed E-state index contributed by atoms with van der Waals surface area (Å²) in [6.45, 7) is 2.48. The third kappa shape index (κ3) is 3.48. The maximum atomic E-state index is 12.0. The molecule has 5 nitrogen and oxygen atoms in total. The number of benzene rings is 1. The Morgan fingerprint density at radius 1 is 1.58 bits per heavy atom. The topological polar surface area (TPSA) is 67.2 Å². The molecule has 0 saturated carbocycles. The number of nitrogens with one attached hydrogen (secondary N) is 1. The van der Waals surface area contributed by atoms with Crippen LogP contribution in [0.3, 0.4) is 0 Å². The molecule has 2 aromatic rings. The van der Waals surface area contributed by atoms with Crippen molar-refractivity contribution in [3.05, 3.63) is 47.5 Å². The first-order valence-corrected chi connectivity index (χ1v) is 6.19. The zero-order chi connectivity index (χ0) is 13.8.